The van der Waals surface area contributed by atoms with Crippen LogP contribution in [0.1, 0.15) is 22.1 Å². The Morgan fingerprint density at radius 1 is 1.02 bits per heavy atom. The molecule has 0 radical (unpaired) electrons. The van der Waals surface area contributed by atoms with Crippen LogP contribution in [0.2, 0.25) is 0 Å². The average molecular weight is 665 g/mol. The van der Waals surface area contributed by atoms with Gasteiger partial charge in [0.05, 0.1) is 44.1 Å². The molecule has 228 valence electrons. The van der Waals surface area contributed by atoms with Crippen LogP contribution < -0.4 is 20.2 Å². The molecule has 6 rings (SSSR count). The summed E-state index contributed by atoms with van der Waals surface area (Å²) in [6, 6.07) is 12.1. The molecule has 0 aliphatic carbocycles. The highest BCUT2D eigenvalue weighted by Crippen LogP contribution is 2.54. The molecule has 1 fully saturated rings. The van der Waals surface area contributed by atoms with Crippen LogP contribution in [0.25, 0.3) is 0 Å². The second kappa shape index (κ2) is 10.8. The topological polar surface area (TPSA) is 162 Å². The first-order chi connectivity index (χ1) is 20.7. The molecule has 4 heterocycles. The molecule has 3 amide bonds. The zero-order valence-corrected chi connectivity index (χ0v) is 24.4. The summed E-state index contributed by atoms with van der Waals surface area (Å²) in [5.74, 6) is -3.91. The van der Waals surface area contributed by atoms with Crippen LogP contribution >= 0.6 is 23.1 Å². The first kappa shape index (κ1) is 29.9. The molecule has 0 bridgehead atoms. The number of primary sulfonamides is 1. The standard InChI is InChI=1S/C27H19F3N4O7S3/c28-27(29,30)13-3-1-4-15(11-13)34-23(36)20-19(17-5-2-10-41-17)22-25(42-21(20)24(34)37)33(26(38)43-22)12-18(35)32-14-6-8-16(9-7-14)44(31,39)40/h1-11,19-21H,12H2,(H,32,35)(H2,31,39,40)/t19-,20-,21+/m0/s1. The number of amides is 3. The lowest BCUT2D eigenvalue weighted by atomic mass is 9.87. The van der Waals surface area contributed by atoms with E-state index in [9.17, 15) is 40.8 Å². The van der Waals surface area contributed by atoms with Gasteiger partial charge in [0.25, 0.3) is 0 Å². The molecule has 0 saturated carbocycles. The average Bonchev–Trinajstić information content (AvgIpc) is 3.65. The Balaban J connectivity index is 1.34. The Labute approximate surface area is 254 Å². The van der Waals surface area contributed by atoms with Crippen molar-refractivity contribution < 1.29 is 40.4 Å². The first-order valence-electron chi connectivity index (χ1n) is 12.7. The zero-order chi connectivity index (χ0) is 31.6. The van der Waals surface area contributed by atoms with Gasteiger partial charge in [-0.05, 0) is 54.6 Å². The SMILES string of the molecule is NS(=O)(=O)c1ccc(NC(=O)Cn2c3c(sc2=O)[C@@H](c2ccco2)[C@@H]2C(=O)N(c4cccc(C(F)(F)F)c4)C(=O)[C@@H]2S3)cc1. The number of furan rings is 1. The fourth-order valence-electron chi connectivity index (χ4n) is 5.18. The Bertz CT molecular complexity index is 1970. The quantitative estimate of drug-likeness (QED) is 0.296. The van der Waals surface area contributed by atoms with E-state index in [-0.39, 0.29) is 27.1 Å². The number of hydrogen-bond donors (Lipinski definition) is 2. The number of nitrogens with zero attached hydrogens (tertiary/aromatic N) is 2. The van der Waals surface area contributed by atoms with E-state index in [0.717, 1.165) is 50.8 Å². The third-order valence-corrected chi connectivity index (χ3v) is 10.6. The van der Waals surface area contributed by atoms with Crippen LogP contribution in [-0.2, 0) is 37.1 Å². The van der Waals surface area contributed by atoms with E-state index in [1.54, 1.807) is 12.1 Å². The first-order valence-corrected chi connectivity index (χ1v) is 15.9. The van der Waals surface area contributed by atoms with Crippen molar-refractivity contribution >= 4 is 62.2 Å². The van der Waals surface area contributed by atoms with Gasteiger partial charge < -0.3 is 9.73 Å². The van der Waals surface area contributed by atoms with E-state index in [0.29, 0.717) is 4.88 Å². The number of nitrogens with one attached hydrogen (secondary N) is 1. The van der Waals surface area contributed by atoms with Gasteiger partial charge in [0.15, 0.2) is 0 Å². The van der Waals surface area contributed by atoms with Crippen LogP contribution in [0.15, 0.2) is 86.1 Å². The van der Waals surface area contributed by atoms with Crippen LogP contribution in [0, 0.1) is 5.92 Å². The number of thioether (sulfide) groups is 1. The van der Waals surface area contributed by atoms with Gasteiger partial charge in [-0.25, -0.2) is 18.5 Å². The smallest absolute Gasteiger partial charge is 0.416 e. The molecule has 4 aromatic rings. The number of nitrogens with two attached hydrogens (primary N) is 1. The van der Waals surface area contributed by atoms with Crippen molar-refractivity contribution in [3.8, 4) is 0 Å². The van der Waals surface area contributed by atoms with E-state index >= 15 is 0 Å². The molecule has 44 heavy (non-hydrogen) atoms. The third-order valence-electron chi connectivity index (χ3n) is 7.10. The Hall–Kier alpha value is -4.19. The largest absolute Gasteiger partial charge is 0.469 e. The number of fused-ring (bicyclic) bond motifs is 2. The van der Waals surface area contributed by atoms with Crippen molar-refractivity contribution in [2.75, 3.05) is 10.2 Å². The number of rotatable bonds is 6. The normalized spacial score (nSPS) is 20.0. The Morgan fingerprint density at radius 3 is 2.39 bits per heavy atom. The predicted molar refractivity (Wildman–Crippen MR) is 153 cm³/mol. The minimum atomic E-state index is -4.70. The molecule has 3 N–H and O–H groups in total. The number of anilines is 2. The van der Waals surface area contributed by atoms with Gasteiger partial charge in [0.1, 0.15) is 17.6 Å². The molecule has 1 saturated heterocycles. The number of carbonyl (C=O) groups is 3. The number of carbonyl (C=O) groups excluding carboxylic acids is 3. The summed E-state index contributed by atoms with van der Waals surface area (Å²) in [4.78, 5) is 53.9. The summed E-state index contributed by atoms with van der Waals surface area (Å²) >= 11 is 1.65. The van der Waals surface area contributed by atoms with Crippen LogP contribution in [0.4, 0.5) is 24.5 Å². The maximum absolute atomic E-state index is 13.8. The number of alkyl halides is 3. The molecule has 2 aromatic heterocycles. The lowest BCUT2D eigenvalue weighted by Gasteiger charge is -2.29. The van der Waals surface area contributed by atoms with Crippen molar-refractivity contribution in [2.24, 2.45) is 11.1 Å². The molecule has 2 aromatic carbocycles. The number of thiazole rings is 1. The van der Waals surface area contributed by atoms with Crippen molar-refractivity contribution in [3.05, 3.63) is 92.8 Å². The van der Waals surface area contributed by atoms with Gasteiger partial charge in [-0.3, -0.25) is 23.7 Å². The van der Waals surface area contributed by atoms with Crippen LogP contribution in [-0.4, -0.2) is 36.0 Å². The number of aromatic nitrogens is 1. The maximum Gasteiger partial charge on any atom is 0.416 e. The molecular formula is C27H19F3N4O7S3. The summed E-state index contributed by atoms with van der Waals surface area (Å²) in [5, 5.41) is 6.77. The number of imide groups is 1. The molecule has 0 unspecified atom stereocenters. The van der Waals surface area contributed by atoms with Gasteiger partial charge in [-0.1, -0.05) is 29.2 Å². The summed E-state index contributed by atoms with van der Waals surface area (Å²) < 4.78 is 70.0. The molecular weight excluding hydrogens is 646 g/mol. The van der Waals surface area contributed by atoms with E-state index in [1.165, 1.54) is 36.6 Å². The van der Waals surface area contributed by atoms with Crippen molar-refractivity contribution in [3.63, 3.8) is 0 Å². The van der Waals surface area contributed by atoms with Gasteiger partial charge in [-0.15, -0.1) is 0 Å². The van der Waals surface area contributed by atoms with Gasteiger partial charge in [0.2, 0.25) is 27.7 Å². The molecule has 3 atom stereocenters. The van der Waals surface area contributed by atoms with Crippen molar-refractivity contribution in [1.82, 2.24) is 4.57 Å². The fraction of sp³-hybridized carbons (Fsp3) is 0.185. The summed E-state index contributed by atoms with van der Waals surface area (Å²) in [5.41, 5.74) is -1.04. The Kier molecular flexibility index (Phi) is 7.30. The van der Waals surface area contributed by atoms with Crippen LogP contribution in [0.5, 0.6) is 0 Å². The minimum Gasteiger partial charge on any atom is -0.469 e. The number of hydrogen-bond acceptors (Lipinski definition) is 9. The molecule has 0 spiro atoms. The van der Waals surface area contributed by atoms with E-state index in [2.05, 4.69) is 5.32 Å². The highest BCUT2D eigenvalue weighted by molar-refractivity contribution is 8.00. The predicted octanol–water partition coefficient (Wildman–Crippen LogP) is 3.60. The van der Waals surface area contributed by atoms with Crippen LogP contribution in [0.3, 0.4) is 0 Å². The number of halogens is 3. The molecule has 2 aliphatic rings. The summed E-state index contributed by atoms with van der Waals surface area (Å²) in [7, 11) is -3.95. The number of sulfonamides is 1. The maximum atomic E-state index is 13.8. The summed E-state index contributed by atoms with van der Waals surface area (Å²) in [6.45, 7) is -0.490. The molecule has 11 nitrogen and oxygen atoms in total. The van der Waals surface area contributed by atoms with Crippen molar-refractivity contribution in [1.29, 1.82) is 0 Å². The molecule has 17 heteroatoms. The second-order valence-electron chi connectivity index (χ2n) is 9.86. The fourth-order valence-corrected chi connectivity index (χ4v) is 8.45. The third kappa shape index (κ3) is 5.25. The highest BCUT2D eigenvalue weighted by Gasteiger charge is 2.57. The van der Waals surface area contributed by atoms with Crippen molar-refractivity contribution in [2.45, 2.75) is 33.8 Å². The van der Waals surface area contributed by atoms with Gasteiger partial charge in [-0.2, -0.15) is 13.2 Å². The van der Waals surface area contributed by atoms with Gasteiger partial charge in [0, 0.05) is 5.69 Å². The van der Waals surface area contributed by atoms with E-state index in [1.807, 2.05) is 0 Å². The van der Waals surface area contributed by atoms with Gasteiger partial charge >= 0.3 is 11.0 Å². The molecule has 2 aliphatic heterocycles. The lowest BCUT2D eigenvalue weighted by molar-refractivity contribution is -0.137. The minimum absolute atomic E-state index is 0.163. The number of benzene rings is 2. The summed E-state index contributed by atoms with van der Waals surface area (Å²) in [6.07, 6.45) is -3.35. The van der Waals surface area contributed by atoms with E-state index < -0.39 is 68.0 Å². The monoisotopic (exact) mass is 664 g/mol. The zero-order valence-electron chi connectivity index (χ0n) is 22.0. The van der Waals surface area contributed by atoms with E-state index in [4.69, 9.17) is 9.56 Å². The second-order valence-corrected chi connectivity index (χ2v) is 13.5. The lowest BCUT2D eigenvalue weighted by Crippen LogP contribution is -2.32. The highest BCUT2D eigenvalue weighted by atomic mass is 32.2. The Morgan fingerprint density at radius 2 is 1.75 bits per heavy atom.